The molecule has 0 aliphatic heterocycles. The Morgan fingerprint density at radius 1 is 1.59 bits per heavy atom. The minimum atomic E-state index is -1.06. The van der Waals surface area contributed by atoms with E-state index in [1.54, 1.807) is 10.9 Å². The molecule has 0 saturated heterocycles. The smallest absolute Gasteiger partial charge is 0.325 e. The molecule has 1 heterocycles. The Hall–Kier alpha value is -2.05. The highest BCUT2D eigenvalue weighted by Crippen LogP contribution is 1.95. The maximum absolute atomic E-state index is 11.2. The van der Waals surface area contributed by atoms with Gasteiger partial charge in [-0.15, -0.1) is 0 Å². The van der Waals surface area contributed by atoms with E-state index in [-0.39, 0.29) is 0 Å². The first-order chi connectivity index (χ1) is 7.99. The molecule has 17 heavy (non-hydrogen) atoms. The molecule has 1 aromatic rings. The molecule has 1 rings (SSSR count). The maximum atomic E-state index is 11.2. The van der Waals surface area contributed by atoms with Crippen molar-refractivity contribution in [1.29, 1.82) is 0 Å². The third-order valence-electron chi connectivity index (χ3n) is 2.18. The number of nitrogens with zero attached hydrogens (tertiary/aromatic N) is 2. The maximum Gasteiger partial charge on any atom is 0.325 e. The number of rotatable bonds is 5. The van der Waals surface area contributed by atoms with Crippen LogP contribution in [0.4, 0.5) is 4.79 Å². The number of urea groups is 1. The summed E-state index contributed by atoms with van der Waals surface area (Å²) in [7, 11) is 1.82. The zero-order valence-electron chi connectivity index (χ0n) is 9.80. The van der Waals surface area contributed by atoms with Gasteiger partial charge in [0.15, 0.2) is 0 Å². The predicted octanol–water partition coefficient (Wildman–Crippen LogP) is -0.265. The van der Waals surface area contributed by atoms with E-state index < -0.39 is 18.0 Å². The molecule has 7 nitrogen and oxygen atoms in total. The minimum Gasteiger partial charge on any atom is -0.480 e. The van der Waals surface area contributed by atoms with Crippen LogP contribution in [0.3, 0.4) is 0 Å². The molecule has 1 aromatic heterocycles. The van der Waals surface area contributed by atoms with E-state index in [2.05, 4.69) is 15.7 Å². The van der Waals surface area contributed by atoms with Crippen molar-refractivity contribution in [3.63, 3.8) is 0 Å². The van der Waals surface area contributed by atoms with E-state index in [0.717, 1.165) is 5.56 Å². The largest absolute Gasteiger partial charge is 0.480 e. The van der Waals surface area contributed by atoms with Crippen molar-refractivity contribution in [3.8, 4) is 0 Å². The van der Waals surface area contributed by atoms with Crippen LogP contribution in [0.2, 0.25) is 0 Å². The van der Waals surface area contributed by atoms with Gasteiger partial charge in [-0.1, -0.05) is 0 Å². The van der Waals surface area contributed by atoms with Gasteiger partial charge in [-0.2, -0.15) is 5.10 Å². The number of aliphatic carboxylic acids is 1. The number of aryl methyl sites for hydroxylation is 1. The second kappa shape index (κ2) is 5.88. The zero-order chi connectivity index (χ0) is 12.8. The lowest BCUT2D eigenvalue weighted by atomic mass is 10.2. The third-order valence-corrected chi connectivity index (χ3v) is 2.18. The minimum absolute atomic E-state index is 0.434. The summed E-state index contributed by atoms with van der Waals surface area (Å²) in [5, 5.41) is 17.5. The molecule has 0 aliphatic carbocycles. The van der Waals surface area contributed by atoms with E-state index in [1.807, 2.05) is 13.2 Å². The lowest BCUT2D eigenvalue weighted by molar-refractivity contribution is -0.138. The van der Waals surface area contributed by atoms with Crippen molar-refractivity contribution >= 4 is 12.0 Å². The fourth-order valence-electron chi connectivity index (χ4n) is 1.23. The Morgan fingerprint density at radius 3 is 2.82 bits per heavy atom. The number of hydrogen-bond donors (Lipinski definition) is 3. The normalized spacial score (nSPS) is 11.9. The Labute approximate surface area is 98.8 Å². The van der Waals surface area contributed by atoms with Crippen molar-refractivity contribution in [2.75, 3.05) is 6.54 Å². The highest BCUT2D eigenvalue weighted by atomic mass is 16.4. The van der Waals surface area contributed by atoms with Gasteiger partial charge in [0.25, 0.3) is 0 Å². The van der Waals surface area contributed by atoms with Gasteiger partial charge in [-0.3, -0.25) is 9.48 Å². The second-order valence-corrected chi connectivity index (χ2v) is 3.73. The average Bonchev–Trinajstić information content (AvgIpc) is 2.64. The molecule has 0 aromatic carbocycles. The number of nitrogens with one attached hydrogen (secondary N) is 2. The van der Waals surface area contributed by atoms with Crippen LogP contribution < -0.4 is 10.6 Å². The Kier molecular flexibility index (Phi) is 4.50. The lowest BCUT2D eigenvalue weighted by Gasteiger charge is -2.10. The highest BCUT2D eigenvalue weighted by molar-refractivity contribution is 5.82. The van der Waals surface area contributed by atoms with Crippen molar-refractivity contribution < 1.29 is 14.7 Å². The molecular formula is C10H16N4O3. The number of amides is 2. The number of aromatic nitrogens is 2. The van der Waals surface area contributed by atoms with Crippen LogP contribution in [-0.4, -0.2) is 39.5 Å². The second-order valence-electron chi connectivity index (χ2n) is 3.73. The molecule has 3 N–H and O–H groups in total. The zero-order valence-corrected chi connectivity index (χ0v) is 9.80. The number of carboxylic acid groups (broad SMARTS) is 1. The lowest BCUT2D eigenvalue weighted by Crippen LogP contribution is -2.44. The fourth-order valence-corrected chi connectivity index (χ4v) is 1.23. The summed E-state index contributed by atoms with van der Waals surface area (Å²) in [6.45, 7) is 1.84. The Balaban J connectivity index is 2.22. The van der Waals surface area contributed by atoms with Crippen molar-refractivity contribution in [2.24, 2.45) is 7.05 Å². The summed E-state index contributed by atoms with van der Waals surface area (Å²) >= 11 is 0. The molecule has 7 heteroatoms. The topological polar surface area (TPSA) is 96.3 Å². The summed E-state index contributed by atoms with van der Waals surface area (Å²) < 4.78 is 1.68. The molecule has 0 saturated carbocycles. The summed E-state index contributed by atoms with van der Waals surface area (Å²) in [4.78, 5) is 21.7. The van der Waals surface area contributed by atoms with Crippen molar-refractivity contribution in [3.05, 3.63) is 18.0 Å². The van der Waals surface area contributed by atoms with Gasteiger partial charge < -0.3 is 15.7 Å². The van der Waals surface area contributed by atoms with Crippen LogP contribution in [0.1, 0.15) is 12.5 Å². The van der Waals surface area contributed by atoms with Gasteiger partial charge in [0.05, 0.1) is 6.20 Å². The number of hydrogen-bond acceptors (Lipinski definition) is 3. The molecular weight excluding hydrogens is 224 g/mol. The van der Waals surface area contributed by atoms with Gasteiger partial charge in [-0.25, -0.2) is 4.79 Å². The highest BCUT2D eigenvalue weighted by Gasteiger charge is 2.12. The first-order valence-electron chi connectivity index (χ1n) is 5.23. The standard InChI is InChI=1S/C10H16N4O3/c1-7(9(15)16)13-10(17)11-4-3-8-5-12-14(2)6-8/h5-7H,3-4H2,1-2H3,(H,15,16)(H2,11,13,17)/t7-/m1/s1. The van der Waals surface area contributed by atoms with Crippen molar-refractivity contribution in [2.45, 2.75) is 19.4 Å². The Bertz CT molecular complexity index is 402. The SMILES string of the molecule is C[C@@H](NC(=O)NCCc1cnn(C)c1)C(=O)O. The molecule has 1 atom stereocenters. The summed E-state index contributed by atoms with van der Waals surface area (Å²) in [6.07, 6.45) is 4.24. The van der Waals surface area contributed by atoms with Crippen LogP contribution in [-0.2, 0) is 18.3 Å². The molecule has 0 fully saturated rings. The molecule has 0 radical (unpaired) electrons. The quantitative estimate of drug-likeness (QED) is 0.660. The average molecular weight is 240 g/mol. The summed E-state index contributed by atoms with van der Waals surface area (Å²) in [6, 6.07) is -1.38. The molecule has 0 unspecified atom stereocenters. The molecule has 0 aliphatic rings. The van der Waals surface area contributed by atoms with Crippen LogP contribution >= 0.6 is 0 Å². The van der Waals surface area contributed by atoms with Crippen LogP contribution in [0.15, 0.2) is 12.4 Å². The van der Waals surface area contributed by atoms with E-state index in [1.165, 1.54) is 6.92 Å². The number of carbonyl (C=O) groups excluding carboxylic acids is 1. The summed E-state index contributed by atoms with van der Waals surface area (Å²) in [5.41, 5.74) is 1.01. The van der Waals surface area contributed by atoms with Gasteiger partial charge >= 0.3 is 12.0 Å². The monoisotopic (exact) mass is 240 g/mol. The molecule has 2 amide bonds. The van der Waals surface area contributed by atoms with Crippen LogP contribution in [0.5, 0.6) is 0 Å². The van der Waals surface area contributed by atoms with Gasteiger partial charge in [0, 0.05) is 19.8 Å². The van der Waals surface area contributed by atoms with Gasteiger partial charge in [0.1, 0.15) is 6.04 Å². The van der Waals surface area contributed by atoms with Crippen LogP contribution in [0, 0.1) is 0 Å². The fraction of sp³-hybridized carbons (Fsp3) is 0.500. The molecule has 94 valence electrons. The predicted molar refractivity (Wildman–Crippen MR) is 60.5 cm³/mol. The van der Waals surface area contributed by atoms with E-state index >= 15 is 0 Å². The number of carboxylic acids is 1. The van der Waals surface area contributed by atoms with Crippen molar-refractivity contribution in [1.82, 2.24) is 20.4 Å². The molecule has 0 spiro atoms. The first-order valence-corrected chi connectivity index (χ1v) is 5.23. The third kappa shape index (κ3) is 4.54. The van der Waals surface area contributed by atoms with E-state index in [0.29, 0.717) is 13.0 Å². The first kappa shape index (κ1) is 13.0. The molecule has 0 bridgehead atoms. The van der Waals surface area contributed by atoms with E-state index in [9.17, 15) is 9.59 Å². The van der Waals surface area contributed by atoms with Gasteiger partial charge in [0.2, 0.25) is 0 Å². The van der Waals surface area contributed by atoms with Crippen LogP contribution in [0.25, 0.3) is 0 Å². The van der Waals surface area contributed by atoms with Gasteiger partial charge in [-0.05, 0) is 18.9 Å². The van der Waals surface area contributed by atoms with E-state index in [4.69, 9.17) is 5.11 Å². The number of carbonyl (C=O) groups is 2. The summed E-state index contributed by atoms with van der Waals surface area (Å²) in [5.74, 6) is -1.06. The Morgan fingerprint density at radius 2 is 2.29 bits per heavy atom.